The van der Waals surface area contributed by atoms with Gasteiger partial charge in [0.25, 0.3) is 10.0 Å². The van der Waals surface area contributed by atoms with Crippen LogP contribution in [0.1, 0.15) is 42.5 Å². The van der Waals surface area contributed by atoms with Gasteiger partial charge in [0.2, 0.25) is 5.89 Å². The molecule has 2 aliphatic rings. The van der Waals surface area contributed by atoms with Gasteiger partial charge in [-0.05, 0) is 36.6 Å². The van der Waals surface area contributed by atoms with Gasteiger partial charge in [0.15, 0.2) is 17.3 Å². The Morgan fingerprint density at radius 2 is 1.83 bits per heavy atom. The molecule has 0 amide bonds. The molecule has 2 heterocycles. The first kappa shape index (κ1) is 18.9. The fraction of sp³-hybridized carbons (Fsp3) is 0.333. The van der Waals surface area contributed by atoms with Crippen molar-refractivity contribution in [3.05, 3.63) is 59.7 Å². The van der Waals surface area contributed by atoms with Crippen LogP contribution in [-0.4, -0.2) is 31.8 Å². The molecule has 5 rings (SSSR count). The van der Waals surface area contributed by atoms with Crippen molar-refractivity contribution in [3.63, 3.8) is 0 Å². The summed E-state index contributed by atoms with van der Waals surface area (Å²) in [7, 11) is -3.82. The minimum absolute atomic E-state index is 0.107. The summed E-state index contributed by atoms with van der Waals surface area (Å²) in [6.45, 7) is 1.03. The second kappa shape index (κ2) is 7.64. The van der Waals surface area contributed by atoms with Gasteiger partial charge in [-0.3, -0.25) is 4.72 Å². The predicted molar refractivity (Wildman–Crippen MR) is 108 cm³/mol. The Morgan fingerprint density at radius 1 is 1.03 bits per heavy atom. The fourth-order valence-corrected chi connectivity index (χ4v) is 4.41. The maximum absolute atomic E-state index is 13.0. The van der Waals surface area contributed by atoms with E-state index in [2.05, 4.69) is 14.9 Å². The van der Waals surface area contributed by atoms with Crippen LogP contribution in [0.3, 0.4) is 0 Å². The molecule has 0 saturated heterocycles. The highest BCUT2D eigenvalue weighted by atomic mass is 32.2. The summed E-state index contributed by atoms with van der Waals surface area (Å²) in [5.41, 5.74) is 1.22. The molecule has 1 saturated carbocycles. The van der Waals surface area contributed by atoms with Crippen LogP contribution < -0.4 is 14.2 Å². The second-order valence-corrected chi connectivity index (χ2v) is 9.10. The van der Waals surface area contributed by atoms with E-state index < -0.39 is 10.0 Å². The Bertz CT molecular complexity index is 1170. The fourth-order valence-electron chi connectivity index (χ4n) is 3.30. The monoisotopic (exact) mass is 427 g/mol. The summed E-state index contributed by atoms with van der Waals surface area (Å²) < 4.78 is 45.3. The molecule has 0 unspecified atom stereocenters. The molecule has 2 aromatic carbocycles. The molecule has 1 aromatic heterocycles. The van der Waals surface area contributed by atoms with Crippen LogP contribution >= 0.6 is 0 Å². The molecule has 30 heavy (non-hydrogen) atoms. The van der Waals surface area contributed by atoms with Crippen molar-refractivity contribution >= 4 is 15.7 Å². The number of nitrogens with one attached hydrogen (secondary N) is 1. The second-order valence-electron chi connectivity index (χ2n) is 7.42. The third-order valence-electron chi connectivity index (χ3n) is 5.06. The summed E-state index contributed by atoms with van der Waals surface area (Å²) in [6.07, 6.45) is 3.27. The number of sulfonamides is 1. The molecule has 0 bridgehead atoms. The van der Waals surface area contributed by atoms with Crippen molar-refractivity contribution in [1.82, 2.24) is 10.1 Å². The summed E-state index contributed by atoms with van der Waals surface area (Å²) in [4.78, 5) is 4.54. The molecule has 1 N–H and O–H groups in total. The van der Waals surface area contributed by atoms with Gasteiger partial charge in [-0.1, -0.05) is 23.4 Å². The van der Waals surface area contributed by atoms with Crippen LogP contribution in [-0.2, 0) is 16.4 Å². The Morgan fingerprint density at radius 3 is 2.67 bits per heavy atom. The predicted octanol–water partition coefficient (Wildman–Crippen LogP) is 3.50. The maximum Gasteiger partial charge on any atom is 0.262 e. The normalized spacial score (nSPS) is 16.1. The zero-order valence-corrected chi connectivity index (χ0v) is 17.0. The number of para-hydroxylation sites is 1. The van der Waals surface area contributed by atoms with Crippen molar-refractivity contribution in [2.45, 2.75) is 36.5 Å². The zero-order chi connectivity index (χ0) is 20.6. The first-order chi connectivity index (χ1) is 14.6. The van der Waals surface area contributed by atoms with E-state index in [1.165, 1.54) is 12.1 Å². The number of rotatable bonds is 6. The van der Waals surface area contributed by atoms with Gasteiger partial charge in [-0.25, -0.2) is 8.42 Å². The molecule has 1 aliphatic heterocycles. The SMILES string of the molecule is O=S(=O)(Nc1ccccc1Cc1nc(C2CC2)no1)c1ccc2c(c1)OCCCO2. The standard InChI is InChI=1S/C21H21N3O5S/c25-30(26,16-8-9-18-19(13-16)28-11-3-10-27-18)24-17-5-2-1-4-15(17)12-20-22-21(23-29-20)14-6-7-14/h1-2,4-5,8-9,13-14,24H,3,6-7,10-12H2. The molecule has 0 spiro atoms. The van der Waals surface area contributed by atoms with Crippen molar-refractivity contribution in [2.75, 3.05) is 17.9 Å². The average molecular weight is 427 g/mol. The van der Waals surface area contributed by atoms with Gasteiger partial charge >= 0.3 is 0 Å². The maximum atomic E-state index is 13.0. The highest BCUT2D eigenvalue weighted by Crippen LogP contribution is 2.38. The minimum Gasteiger partial charge on any atom is -0.490 e. The van der Waals surface area contributed by atoms with E-state index in [9.17, 15) is 8.42 Å². The molecule has 1 fully saturated rings. The smallest absolute Gasteiger partial charge is 0.262 e. The molecule has 0 atom stereocenters. The van der Waals surface area contributed by atoms with E-state index in [0.717, 1.165) is 30.7 Å². The third kappa shape index (κ3) is 3.97. The molecule has 3 aromatic rings. The molecule has 0 radical (unpaired) electrons. The third-order valence-corrected chi connectivity index (χ3v) is 6.42. The van der Waals surface area contributed by atoms with E-state index in [-0.39, 0.29) is 4.90 Å². The number of ether oxygens (including phenoxy) is 2. The van der Waals surface area contributed by atoms with Gasteiger partial charge in [0.05, 0.1) is 30.2 Å². The Balaban J connectivity index is 1.39. The lowest BCUT2D eigenvalue weighted by Crippen LogP contribution is -2.14. The highest BCUT2D eigenvalue weighted by Gasteiger charge is 2.29. The van der Waals surface area contributed by atoms with Crippen molar-refractivity contribution in [1.29, 1.82) is 0 Å². The van der Waals surface area contributed by atoms with Crippen molar-refractivity contribution in [2.24, 2.45) is 0 Å². The van der Waals surface area contributed by atoms with Crippen LogP contribution in [0, 0.1) is 0 Å². The average Bonchev–Trinajstić information content (AvgIpc) is 3.52. The van der Waals surface area contributed by atoms with Crippen LogP contribution in [0.25, 0.3) is 0 Å². The summed E-state index contributed by atoms with van der Waals surface area (Å²) in [6, 6.07) is 11.8. The first-order valence-electron chi connectivity index (χ1n) is 9.91. The number of hydrogen-bond acceptors (Lipinski definition) is 7. The van der Waals surface area contributed by atoms with Gasteiger partial charge in [-0.2, -0.15) is 4.98 Å². The number of anilines is 1. The number of nitrogens with zero attached hydrogens (tertiary/aromatic N) is 2. The minimum atomic E-state index is -3.82. The van der Waals surface area contributed by atoms with E-state index in [1.807, 2.05) is 12.1 Å². The number of aromatic nitrogens is 2. The highest BCUT2D eigenvalue weighted by molar-refractivity contribution is 7.92. The summed E-state index contributed by atoms with van der Waals surface area (Å²) in [5, 5.41) is 4.02. The first-order valence-corrected chi connectivity index (χ1v) is 11.4. The van der Waals surface area contributed by atoms with Crippen LogP contribution in [0.2, 0.25) is 0 Å². The molecule has 156 valence electrons. The summed E-state index contributed by atoms with van der Waals surface area (Å²) >= 11 is 0. The van der Waals surface area contributed by atoms with E-state index >= 15 is 0 Å². The Kier molecular flexibility index (Phi) is 4.82. The van der Waals surface area contributed by atoms with Crippen molar-refractivity contribution in [3.8, 4) is 11.5 Å². The number of benzene rings is 2. The largest absolute Gasteiger partial charge is 0.490 e. The topological polar surface area (TPSA) is 104 Å². The Labute approximate surface area is 174 Å². The number of fused-ring (bicyclic) bond motifs is 1. The molecule has 8 nitrogen and oxygen atoms in total. The summed E-state index contributed by atoms with van der Waals surface area (Å²) in [5.74, 6) is 2.59. The Hall–Kier alpha value is -3.07. The molecule has 1 aliphatic carbocycles. The lowest BCUT2D eigenvalue weighted by Gasteiger charge is -2.13. The lowest BCUT2D eigenvalue weighted by molar-refractivity contribution is 0.297. The molecular formula is C21H21N3O5S. The lowest BCUT2D eigenvalue weighted by atomic mass is 10.1. The molecular weight excluding hydrogens is 406 g/mol. The van der Waals surface area contributed by atoms with Gasteiger partial charge in [0.1, 0.15) is 0 Å². The van der Waals surface area contributed by atoms with Crippen LogP contribution in [0.15, 0.2) is 51.9 Å². The van der Waals surface area contributed by atoms with Crippen LogP contribution in [0.4, 0.5) is 5.69 Å². The van der Waals surface area contributed by atoms with E-state index in [4.69, 9.17) is 14.0 Å². The van der Waals surface area contributed by atoms with Gasteiger partial charge in [-0.15, -0.1) is 0 Å². The van der Waals surface area contributed by atoms with Gasteiger partial charge in [0, 0.05) is 18.4 Å². The van der Waals surface area contributed by atoms with Crippen molar-refractivity contribution < 1.29 is 22.4 Å². The quantitative estimate of drug-likeness (QED) is 0.642. The molecule has 9 heteroatoms. The van der Waals surface area contributed by atoms with E-state index in [1.54, 1.807) is 18.2 Å². The van der Waals surface area contributed by atoms with E-state index in [0.29, 0.717) is 48.6 Å². The zero-order valence-electron chi connectivity index (χ0n) is 16.2. The van der Waals surface area contributed by atoms with Crippen LogP contribution in [0.5, 0.6) is 11.5 Å². The van der Waals surface area contributed by atoms with Gasteiger partial charge < -0.3 is 14.0 Å². The number of hydrogen-bond donors (Lipinski definition) is 1.